The van der Waals surface area contributed by atoms with Crippen LogP contribution in [0.5, 0.6) is 17.2 Å². The van der Waals surface area contributed by atoms with E-state index in [1.807, 2.05) is 0 Å². The molecule has 1 aliphatic heterocycles. The third-order valence-electron chi connectivity index (χ3n) is 4.74. The first-order valence-corrected chi connectivity index (χ1v) is 9.15. The van der Waals surface area contributed by atoms with Crippen LogP contribution in [0, 0.1) is 29.1 Å². The highest BCUT2D eigenvalue weighted by Crippen LogP contribution is 2.35. The lowest BCUT2D eigenvalue weighted by molar-refractivity contribution is 0.101. The third kappa shape index (κ3) is 3.77. The van der Waals surface area contributed by atoms with E-state index in [-0.39, 0.29) is 28.6 Å². The van der Waals surface area contributed by atoms with Crippen LogP contribution in [0.15, 0.2) is 48.2 Å². The molecule has 3 aromatic rings. The topological polar surface area (TPSA) is 44.8 Å². The molecule has 0 N–H and O–H groups in total. The Labute approximate surface area is 178 Å². The first-order chi connectivity index (χ1) is 15.3. The maximum Gasteiger partial charge on any atom is 0.231 e. The van der Waals surface area contributed by atoms with Crippen molar-refractivity contribution in [3.8, 4) is 17.2 Å². The average molecular weight is 448 g/mol. The van der Waals surface area contributed by atoms with Crippen LogP contribution in [0.2, 0.25) is 0 Å². The van der Waals surface area contributed by atoms with Crippen molar-refractivity contribution in [2.75, 3.05) is 7.11 Å². The first kappa shape index (κ1) is 21.4. The smallest absolute Gasteiger partial charge is 0.231 e. The molecule has 32 heavy (non-hydrogen) atoms. The molecule has 0 spiro atoms. The average Bonchev–Trinajstić information content (AvgIpc) is 3.11. The van der Waals surface area contributed by atoms with Gasteiger partial charge in [-0.05, 0) is 35.9 Å². The Hall–Kier alpha value is -3.88. The minimum Gasteiger partial charge on any atom is -0.497 e. The van der Waals surface area contributed by atoms with Gasteiger partial charge in [-0.2, -0.15) is 0 Å². The van der Waals surface area contributed by atoms with Crippen molar-refractivity contribution in [2.24, 2.45) is 0 Å². The fraction of sp³-hybridized carbons (Fsp3) is 0.0870. The van der Waals surface area contributed by atoms with Gasteiger partial charge in [0.15, 0.2) is 29.0 Å². The summed E-state index contributed by atoms with van der Waals surface area (Å²) in [6.07, 6.45) is 1.52. The summed E-state index contributed by atoms with van der Waals surface area (Å²) in [7, 11) is 1.53. The summed E-state index contributed by atoms with van der Waals surface area (Å²) in [6, 6.07) is 10.9. The minimum atomic E-state index is -2.25. The Morgan fingerprint density at radius 1 is 0.844 bits per heavy atom. The van der Waals surface area contributed by atoms with Gasteiger partial charge in [-0.25, -0.2) is 22.0 Å². The number of ketones is 1. The van der Waals surface area contributed by atoms with Crippen molar-refractivity contribution < 1.29 is 41.0 Å². The molecule has 0 amide bonds. The van der Waals surface area contributed by atoms with E-state index < -0.39 is 41.3 Å². The molecule has 4 rings (SSSR count). The Balaban J connectivity index is 1.54. The summed E-state index contributed by atoms with van der Waals surface area (Å²) < 4.78 is 83.2. The van der Waals surface area contributed by atoms with Gasteiger partial charge in [0.25, 0.3) is 0 Å². The quantitative estimate of drug-likeness (QED) is 0.221. The van der Waals surface area contributed by atoms with Crippen LogP contribution >= 0.6 is 0 Å². The maximum absolute atomic E-state index is 13.8. The highest BCUT2D eigenvalue weighted by Gasteiger charge is 2.29. The van der Waals surface area contributed by atoms with Gasteiger partial charge in [-0.3, -0.25) is 4.79 Å². The van der Waals surface area contributed by atoms with Gasteiger partial charge >= 0.3 is 0 Å². The molecule has 0 unspecified atom stereocenters. The molecule has 1 aliphatic rings. The molecule has 0 radical (unpaired) electrons. The molecule has 0 saturated carbocycles. The predicted molar refractivity (Wildman–Crippen MR) is 103 cm³/mol. The molecule has 0 aromatic heterocycles. The Morgan fingerprint density at radius 2 is 1.44 bits per heavy atom. The Morgan fingerprint density at radius 3 is 2.06 bits per heavy atom. The van der Waals surface area contributed by atoms with Crippen LogP contribution in [0.4, 0.5) is 22.0 Å². The second kappa shape index (κ2) is 8.33. The van der Waals surface area contributed by atoms with Crippen LogP contribution in [0.1, 0.15) is 21.5 Å². The van der Waals surface area contributed by atoms with Gasteiger partial charge in [0.2, 0.25) is 11.6 Å². The minimum absolute atomic E-state index is 0.00573. The number of carbonyl (C=O) groups excluding carboxylic acids is 1. The van der Waals surface area contributed by atoms with E-state index in [4.69, 9.17) is 14.2 Å². The molecule has 164 valence electrons. The summed E-state index contributed by atoms with van der Waals surface area (Å²) in [5, 5.41) is 0. The van der Waals surface area contributed by atoms with Gasteiger partial charge in [-0.1, -0.05) is 12.1 Å². The summed E-state index contributed by atoms with van der Waals surface area (Å²) in [6.45, 7) is -0.924. The number of ether oxygens (including phenoxy) is 3. The second-order valence-corrected chi connectivity index (χ2v) is 6.71. The second-order valence-electron chi connectivity index (χ2n) is 6.71. The molecular weight excluding hydrogens is 435 g/mol. The zero-order valence-corrected chi connectivity index (χ0v) is 16.3. The Kier molecular flexibility index (Phi) is 5.56. The van der Waals surface area contributed by atoms with Crippen molar-refractivity contribution in [1.29, 1.82) is 0 Å². The fourth-order valence-corrected chi connectivity index (χ4v) is 3.04. The molecule has 3 aromatic carbocycles. The highest BCUT2D eigenvalue weighted by molar-refractivity contribution is 6.14. The fourth-order valence-electron chi connectivity index (χ4n) is 3.04. The van der Waals surface area contributed by atoms with Crippen molar-refractivity contribution in [1.82, 2.24) is 0 Å². The van der Waals surface area contributed by atoms with E-state index in [0.29, 0.717) is 11.3 Å². The van der Waals surface area contributed by atoms with Crippen LogP contribution in [0.25, 0.3) is 6.08 Å². The van der Waals surface area contributed by atoms with Crippen LogP contribution in [-0.4, -0.2) is 12.9 Å². The van der Waals surface area contributed by atoms with Gasteiger partial charge in [0.1, 0.15) is 23.9 Å². The van der Waals surface area contributed by atoms with Gasteiger partial charge in [-0.15, -0.1) is 0 Å². The van der Waals surface area contributed by atoms with E-state index in [1.165, 1.54) is 31.4 Å². The van der Waals surface area contributed by atoms with Gasteiger partial charge in [0, 0.05) is 6.07 Å². The summed E-state index contributed by atoms with van der Waals surface area (Å²) in [5.74, 6) is -9.87. The SMILES string of the molecule is COc1ccc(C=C2Oc3cc(OCc4c(F)c(F)c(F)c(F)c4F)ccc3C2=O)cc1. The maximum atomic E-state index is 13.8. The van der Waals surface area contributed by atoms with E-state index >= 15 is 0 Å². The van der Waals surface area contributed by atoms with Gasteiger partial charge in [0.05, 0.1) is 18.2 Å². The number of fused-ring (bicyclic) bond motifs is 1. The third-order valence-corrected chi connectivity index (χ3v) is 4.74. The van der Waals surface area contributed by atoms with Crippen LogP contribution in [-0.2, 0) is 6.61 Å². The number of benzene rings is 3. The monoisotopic (exact) mass is 448 g/mol. The number of allylic oxidation sites excluding steroid dienone is 1. The zero-order chi connectivity index (χ0) is 23.0. The van der Waals surface area contributed by atoms with Crippen molar-refractivity contribution in [3.05, 3.63) is 94.0 Å². The number of hydrogen-bond donors (Lipinski definition) is 0. The predicted octanol–water partition coefficient (Wildman–Crippen LogP) is 5.59. The van der Waals surface area contributed by atoms with Crippen LogP contribution in [0.3, 0.4) is 0 Å². The van der Waals surface area contributed by atoms with Gasteiger partial charge < -0.3 is 14.2 Å². The molecule has 4 nitrogen and oxygen atoms in total. The van der Waals surface area contributed by atoms with Crippen molar-refractivity contribution in [3.63, 3.8) is 0 Å². The standard InChI is InChI=1S/C23H13F5O4/c1-30-12-4-2-11(3-5-12)8-17-23(29)14-7-6-13(9-16(14)32-17)31-10-15-18(24)20(26)22(28)21(27)19(15)25/h2-9H,10H2,1H3. The normalized spacial score (nSPS) is 13.8. The van der Waals surface area contributed by atoms with Crippen molar-refractivity contribution in [2.45, 2.75) is 6.61 Å². The molecule has 0 atom stereocenters. The molecular formula is C23H13F5O4. The molecule has 1 heterocycles. The number of carbonyl (C=O) groups is 1. The highest BCUT2D eigenvalue weighted by atomic mass is 19.2. The number of hydrogen-bond acceptors (Lipinski definition) is 4. The number of rotatable bonds is 5. The van der Waals surface area contributed by atoms with E-state index in [2.05, 4.69) is 0 Å². The summed E-state index contributed by atoms with van der Waals surface area (Å²) >= 11 is 0. The first-order valence-electron chi connectivity index (χ1n) is 9.15. The lowest BCUT2D eigenvalue weighted by atomic mass is 10.1. The lowest BCUT2D eigenvalue weighted by Gasteiger charge is -2.10. The van der Waals surface area contributed by atoms with Crippen LogP contribution < -0.4 is 14.2 Å². The summed E-state index contributed by atoms with van der Waals surface area (Å²) in [4.78, 5) is 12.5. The molecule has 0 fully saturated rings. The Bertz CT molecular complexity index is 1220. The number of methoxy groups -OCH3 is 1. The molecule has 0 saturated heterocycles. The molecule has 9 heteroatoms. The van der Waals surface area contributed by atoms with E-state index in [0.717, 1.165) is 0 Å². The molecule has 0 bridgehead atoms. The van der Waals surface area contributed by atoms with E-state index in [1.54, 1.807) is 24.3 Å². The zero-order valence-electron chi connectivity index (χ0n) is 16.3. The summed E-state index contributed by atoms with van der Waals surface area (Å²) in [5.41, 5.74) is -0.197. The largest absolute Gasteiger partial charge is 0.497 e. The lowest BCUT2D eigenvalue weighted by Crippen LogP contribution is -2.09. The van der Waals surface area contributed by atoms with E-state index in [9.17, 15) is 26.7 Å². The molecule has 0 aliphatic carbocycles. The number of Topliss-reactive ketones (excluding diaryl/α,β-unsaturated/α-hetero) is 1. The number of halogens is 5. The van der Waals surface area contributed by atoms with Crippen molar-refractivity contribution >= 4 is 11.9 Å².